The first-order chi connectivity index (χ1) is 7.02. The summed E-state index contributed by atoms with van der Waals surface area (Å²) in [5, 5.41) is 0. The highest BCUT2D eigenvalue weighted by atomic mass is 16.7. The van der Waals surface area contributed by atoms with E-state index < -0.39 is 24.3 Å². The lowest BCUT2D eigenvalue weighted by molar-refractivity contribution is -0.194. The molecule has 0 amide bonds. The molecule has 1 aliphatic heterocycles. The maximum absolute atomic E-state index is 10.8. The Balaban J connectivity index is 2.56. The van der Waals surface area contributed by atoms with E-state index in [1.165, 1.54) is 13.8 Å². The van der Waals surface area contributed by atoms with Crippen LogP contribution >= 0.6 is 0 Å². The number of esters is 2. The van der Waals surface area contributed by atoms with Gasteiger partial charge in [-0.2, -0.15) is 0 Å². The van der Waals surface area contributed by atoms with Crippen molar-refractivity contribution >= 4 is 11.9 Å². The normalized spacial score (nSPS) is 29.9. The summed E-state index contributed by atoms with van der Waals surface area (Å²) in [4.78, 5) is 21.6. The standard InChI is InChI=1S/C10H16O5/c1-4-8-5-9(13-6(2)11)10(15-8)14-7(3)12/h8-10H,4-5H2,1-3H3/t8-,9?,10-/m1/s1. The van der Waals surface area contributed by atoms with Crippen molar-refractivity contribution in [2.75, 3.05) is 0 Å². The molecule has 0 bridgehead atoms. The van der Waals surface area contributed by atoms with Crippen LogP contribution in [-0.4, -0.2) is 30.4 Å². The second-order valence-corrected chi connectivity index (χ2v) is 3.53. The first-order valence-electron chi connectivity index (χ1n) is 5.02. The summed E-state index contributed by atoms with van der Waals surface area (Å²) in [6, 6.07) is 0. The van der Waals surface area contributed by atoms with E-state index in [0.29, 0.717) is 6.42 Å². The van der Waals surface area contributed by atoms with E-state index in [1.54, 1.807) is 0 Å². The summed E-state index contributed by atoms with van der Waals surface area (Å²) in [5.74, 6) is -0.827. The molecule has 0 radical (unpaired) electrons. The van der Waals surface area contributed by atoms with Gasteiger partial charge in [0.1, 0.15) is 0 Å². The predicted octanol–water partition coefficient (Wildman–Crippen LogP) is 1.01. The van der Waals surface area contributed by atoms with E-state index >= 15 is 0 Å². The van der Waals surface area contributed by atoms with Crippen LogP contribution in [-0.2, 0) is 23.8 Å². The second-order valence-electron chi connectivity index (χ2n) is 3.53. The minimum Gasteiger partial charge on any atom is -0.456 e. The van der Waals surface area contributed by atoms with Gasteiger partial charge in [-0.1, -0.05) is 6.92 Å². The average Bonchev–Trinajstić information content (AvgIpc) is 2.46. The van der Waals surface area contributed by atoms with Gasteiger partial charge in [-0.05, 0) is 6.42 Å². The minimum absolute atomic E-state index is 0.0151. The molecule has 0 spiro atoms. The van der Waals surface area contributed by atoms with Crippen LogP contribution in [0.3, 0.4) is 0 Å². The summed E-state index contributed by atoms with van der Waals surface area (Å²) in [7, 11) is 0. The molecule has 0 N–H and O–H groups in total. The molecule has 1 fully saturated rings. The Morgan fingerprint density at radius 3 is 2.33 bits per heavy atom. The van der Waals surface area contributed by atoms with Gasteiger partial charge in [0.25, 0.3) is 0 Å². The number of hydrogen-bond donors (Lipinski definition) is 0. The number of hydrogen-bond acceptors (Lipinski definition) is 5. The molecule has 1 rings (SSSR count). The van der Waals surface area contributed by atoms with Crippen molar-refractivity contribution in [3.05, 3.63) is 0 Å². The van der Waals surface area contributed by atoms with Crippen LogP contribution in [0.2, 0.25) is 0 Å². The zero-order valence-electron chi connectivity index (χ0n) is 9.19. The van der Waals surface area contributed by atoms with Crippen LogP contribution in [0, 0.1) is 0 Å². The highest BCUT2D eigenvalue weighted by Gasteiger charge is 2.38. The number of ether oxygens (including phenoxy) is 3. The van der Waals surface area contributed by atoms with E-state index in [-0.39, 0.29) is 6.10 Å². The summed E-state index contributed by atoms with van der Waals surface area (Å²) in [6.45, 7) is 4.59. The minimum atomic E-state index is -0.753. The fourth-order valence-electron chi connectivity index (χ4n) is 1.55. The summed E-state index contributed by atoms with van der Waals surface area (Å²) in [6.07, 6.45) is 0.134. The smallest absolute Gasteiger partial charge is 0.305 e. The molecule has 5 heteroatoms. The van der Waals surface area contributed by atoms with Crippen molar-refractivity contribution in [2.24, 2.45) is 0 Å². The Kier molecular flexibility index (Phi) is 4.08. The maximum Gasteiger partial charge on any atom is 0.305 e. The Hall–Kier alpha value is -1.10. The van der Waals surface area contributed by atoms with Gasteiger partial charge in [-0.15, -0.1) is 0 Å². The number of carbonyl (C=O) groups excluding carboxylic acids is 2. The van der Waals surface area contributed by atoms with Crippen LogP contribution in [0.15, 0.2) is 0 Å². The molecule has 1 heterocycles. The topological polar surface area (TPSA) is 61.8 Å². The molecule has 0 aliphatic carbocycles. The summed E-state index contributed by atoms with van der Waals surface area (Å²) in [5.41, 5.74) is 0. The van der Waals surface area contributed by atoms with Gasteiger partial charge < -0.3 is 14.2 Å². The molecule has 3 atom stereocenters. The molecular weight excluding hydrogens is 200 g/mol. The van der Waals surface area contributed by atoms with Gasteiger partial charge in [-0.3, -0.25) is 9.59 Å². The van der Waals surface area contributed by atoms with Crippen molar-refractivity contribution in [3.63, 3.8) is 0 Å². The monoisotopic (exact) mass is 216 g/mol. The fraction of sp³-hybridized carbons (Fsp3) is 0.800. The third kappa shape index (κ3) is 3.51. The third-order valence-corrected chi connectivity index (χ3v) is 2.18. The zero-order chi connectivity index (χ0) is 11.4. The van der Waals surface area contributed by atoms with E-state index in [0.717, 1.165) is 6.42 Å². The molecule has 5 nitrogen and oxygen atoms in total. The first-order valence-corrected chi connectivity index (χ1v) is 5.02. The molecule has 1 unspecified atom stereocenters. The molecule has 86 valence electrons. The van der Waals surface area contributed by atoms with Gasteiger partial charge in [0, 0.05) is 20.3 Å². The maximum atomic E-state index is 10.8. The summed E-state index contributed by atoms with van der Waals surface area (Å²) < 4.78 is 15.3. The molecule has 0 aromatic heterocycles. The molecule has 0 aromatic carbocycles. The van der Waals surface area contributed by atoms with E-state index in [2.05, 4.69) is 0 Å². The van der Waals surface area contributed by atoms with Crippen LogP contribution in [0.5, 0.6) is 0 Å². The van der Waals surface area contributed by atoms with Gasteiger partial charge in [-0.25, -0.2) is 0 Å². The highest BCUT2D eigenvalue weighted by Crippen LogP contribution is 2.26. The van der Waals surface area contributed by atoms with Crippen LogP contribution in [0.4, 0.5) is 0 Å². The van der Waals surface area contributed by atoms with E-state index in [1.807, 2.05) is 6.92 Å². The van der Waals surface area contributed by atoms with Gasteiger partial charge >= 0.3 is 11.9 Å². The Morgan fingerprint density at radius 1 is 1.27 bits per heavy atom. The Bertz CT molecular complexity index is 226. The van der Waals surface area contributed by atoms with Crippen molar-refractivity contribution in [1.82, 2.24) is 0 Å². The number of carbonyl (C=O) groups is 2. The van der Waals surface area contributed by atoms with Gasteiger partial charge in [0.05, 0.1) is 6.10 Å². The van der Waals surface area contributed by atoms with Crippen molar-refractivity contribution in [1.29, 1.82) is 0 Å². The second kappa shape index (κ2) is 5.11. The van der Waals surface area contributed by atoms with E-state index in [9.17, 15) is 9.59 Å². The lowest BCUT2D eigenvalue weighted by Crippen LogP contribution is -2.30. The molecule has 0 aromatic rings. The molecule has 0 saturated carbocycles. The van der Waals surface area contributed by atoms with Crippen LogP contribution in [0.25, 0.3) is 0 Å². The van der Waals surface area contributed by atoms with Gasteiger partial charge in [0.2, 0.25) is 6.29 Å². The molecule has 1 saturated heterocycles. The molecule has 15 heavy (non-hydrogen) atoms. The van der Waals surface area contributed by atoms with Crippen LogP contribution < -0.4 is 0 Å². The van der Waals surface area contributed by atoms with E-state index in [4.69, 9.17) is 14.2 Å². The molecular formula is C10H16O5. The Morgan fingerprint density at radius 2 is 1.87 bits per heavy atom. The highest BCUT2D eigenvalue weighted by molar-refractivity contribution is 5.67. The summed E-state index contributed by atoms with van der Waals surface area (Å²) >= 11 is 0. The van der Waals surface area contributed by atoms with Crippen LogP contribution in [0.1, 0.15) is 33.6 Å². The molecule has 1 aliphatic rings. The number of rotatable bonds is 3. The Labute approximate surface area is 88.7 Å². The quantitative estimate of drug-likeness (QED) is 0.659. The lowest BCUT2D eigenvalue weighted by atomic mass is 10.1. The predicted molar refractivity (Wildman–Crippen MR) is 50.9 cm³/mol. The average molecular weight is 216 g/mol. The lowest BCUT2D eigenvalue weighted by Gasteiger charge is -2.17. The van der Waals surface area contributed by atoms with Gasteiger partial charge in [0.15, 0.2) is 6.10 Å². The van der Waals surface area contributed by atoms with Crippen molar-refractivity contribution < 1.29 is 23.8 Å². The third-order valence-electron chi connectivity index (χ3n) is 2.18. The zero-order valence-corrected chi connectivity index (χ0v) is 9.19. The fourth-order valence-corrected chi connectivity index (χ4v) is 1.55. The van der Waals surface area contributed by atoms with Crippen molar-refractivity contribution in [2.45, 2.75) is 52.1 Å². The first kappa shape index (κ1) is 12.0. The van der Waals surface area contributed by atoms with Crippen molar-refractivity contribution in [3.8, 4) is 0 Å². The largest absolute Gasteiger partial charge is 0.456 e. The SMILES string of the molecule is CC[C@@H]1CC(OC(C)=O)[C@H](OC(C)=O)O1.